The molecule has 0 saturated heterocycles. The average Bonchev–Trinajstić information content (AvgIpc) is 2.79. The first-order valence-corrected chi connectivity index (χ1v) is 11.3. The second-order valence-corrected chi connectivity index (χ2v) is 9.21. The summed E-state index contributed by atoms with van der Waals surface area (Å²) in [5, 5.41) is 2.69. The molecule has 0 aliphatic heterocycles. The molecule has 0 heterocycles. The molecule has 3 rings (SSSR count). The Bertz CT molecular complexity index is 1230. The number of nitrogens with one attached hydrogen (secondary N) is 1. The van der Waals surface area contributed by atoms with Crippen molar-refractivity contribution < 1.29 is 22.7 Å². The predicted molar refractivity (Wildman–Crippen MR) is 123 cm³/mol. The Labute approximate surface area is 187 Å². The van der Waals surface area contributed by atoms with Crippen LogP contribution < -0.4 is 9.62 Å². The third-order valence-corrected chi connectivity index (χ3v) is 6.57. The van der Waals surface area contributed by atoms with Crippen LogP contribution >= 0.6 is 0 Å². The van der Waals surface area contributed by atoms with Gasteiger partial charge in [0.05, 0.1) is 16.1 Å². The smallest absolute Gasteiger partial charge is 0.338 e. The zero-order valence-electron chi connectivity index (χ0n) is 18.0. The summed E-state index contributed by atoms with van der Waals surface area (Å²) < 4.78 is 32.3. The minimum Gasteiger partial charge on any atom is -0.449 e. The maximum Gasteiger partial charge on any atom is 0.338 e. The van der Waals surface area contributed by atoms with Gasteiger partial charge in [-0.1, -0.05) is 36.4 Å². The van der Waals surface area contributed by atoms with Crippen molar-refractivity contribution >= 4 is 33.3 Å². The zero-order valence-corrected chi connectivity index (χ0v) is 18.8. The van der Waals surface area contributed by atoms with Gasteiger partial charge in [0.1, 0.15) is 0 Å². The first kappa shape index (κ1) is 23.0. The Morgan fingerprint density at radius 1 is 0.938 bits per heavy atom. The van der Waals surface area contributed by atoms with Gasteiger partial charge in [0.25, 0.3) is 15.9 Å². The fourth-order valence-corrected chi connectivity index (χ4v) is 4.21. The van der Waals surface area contributed by atoms with Gasteiger partial charge in [-0.3, -0.25) is 9.10 Å². The highest BCUT2D eigenvalue weighted by Gasteiger charge is 2.24. The summed E-state index contributed by atoms with van der Waals surface area (Å²) >= 11 is 0. The third kappa shape index (κ3) is 5.33. The number of carbonyl (C=O) groups is 2. The van der Waals surface area contributed by atoms with E-state index in [1.165, 1.54) is 38.2 Å². The molecule has 0 radical (unpaired) electrons. The molecule has 1 atom stereocenters. The summed E-state index contributed by atoms with van der Waals surface area (Å²) in [5.74, 6) is -1.28. The van der Waals surface area contributed by atoms with Crippen LogP contribution in [0.2, 0.25) is 0 Å². The number of ether oxygens (including phenoxy) is 1. The van der Waals surface area contributed by atoms with Crippen LogP contribution in [0, 0.1) is 6.92 Å². The van der Waals surface area contributed by atoms with Gasteiger partial charge < -0.3 is 10.1 Å². The number of para-hydroxylation sites is 1. The second-order valence-electron chi connectivity index (χ2n) is 7.24. The SMILES string of the molecule is Cc1cccc(NC(=O)C(C)OC(=O)c2cccc(S(=O)(=O)N(C)c3ccccc3)c2)c1. The van der Waals surface area contributed by atoms with Crippen molar-refractivity contribution in [3.8, 4) is 0 Å². The molecule has 0 aromatic heterocycles. The fraction of sp³-hybridized carbons (Fsp3) is 0.167. The number of benzene rings is 3. The summed E-state index contributed by atoms with van der Waals surface area (Å²) in [5.41, 5.74) is 2.09. The molecule has 0 saturated carbocycles. The number of nitrogens with zero attached hydrogens (tertiary/aromatic N) is 1. The predicted octanol–water partition coefficient (Wildman–Crippen LogP) is 4.00. The van der Waals surface area contributed by atoms with Crippen molar-refractivity contribution in [3.63, 3.8) is 0 Å². The fourth-order valence-electron chi connectivity index (χ4n) is 2.97. The highest BCUT2D eigenvalue weighted by atomic mass is 32.2. The minimum atomic E-state index is -3.89. The van der Waals surface area contributed by atoms with E-state index in [1.807, 2.05) is 13.0 Å². The Morgan fingerprint density at radius 2 is 1.62 bits per heavy atom. The van der Waals surface area contributed by atoms with Gasteiger partial charge in [-0.25, -0.2) is 13.2 Å². The Hall–Kier alpha value is -3.65. The lowest BCUT2D eigenvalue weighted by Gasteiger charge is -2.20. The van der Waals surface area contributed by atoms with E-state index in [0.29, 0.717) is 11.4 Å². The lowest BCUT2D eigenvalue weighted by atomic mass is 10.2. The molecule has 8 heteroatoms. The van der Waals surface area contributed by atoms with Gasteiger partial charge in [0, 0.05) is 12.7 Å². The molecule has 1 amide bonds. The van der Waals surface area contributed by atoms with Gasteiger partial charge >= 0.3 is 5.97 Å². The van der Waals surface area contributed by atoms with Crippen LogP contribution in [-0.4, -0.2) is 33.4 Å². The number of esters is 1. The molecule has 3 aromatic rings. The van der Waals surface area contributed by atoms with Crippen molar-refractivity contribution in [2.45, 2.75) is 24.8 Å². The molecule has 0 fully saturated rings. The largest absolute Gasteiger partial charge is 0.449 e. The lowest BCUT2D eigenvalue weighted by molar-refractivity contribution is -0.123. The number of sulfonamides is 1. The van der Waals surface area contributed by atoms with Crippen LogP contribution in [0.4, 0.5) is 11.4 Å². The van der Waals surface area contributed by atoms with E-state index in [2.05, 4.69) is 5.32 Å². The summed E-state index contributed by atoms with van der Waals surface area (Å²) in [6.07, 6.45) is -1.07. The number of hydrogen-bond donors (Lipinski definition) is 1. The number of amides is 1. The number of hydrogen-bond acceptors (Lipinski definition) is 5. The van der Waals surface area contributed by atoms with Gasteiger partial charge in [-0.15, -0.1) is 0 Å². The number of aryl methyl sites for hydroxylation is 1. The van der Waals surface area contributed by atoms with Crippen LogP contribution in [-0.2, 0) is 19.6 Å². The first-order chi connectivity index (χ1) is 15.2. The normalized spacial score (nSPS) is 12.0. The van der Waals surface area contributed by atoms with E-state index in [-0.39, 0.29) is 10.5 Å². The molecule has 1 unspecified atom stereocenters. The Kier molecular flexibility index (Phi) is 6.95. The highest BCUT2D eigenvalue weighted by Crippen LogP contribution is 2.22. The number of carbonyl (C=O) groups excluding carboxylic acids is 2. The number of anilines is 2. The molecule has 0 aliphatic rings. The Balaban J connectivity index is 1.72. The third-order valence-electron chi connectivity index (χ3n) is 4.79. The van der Waals surface area contributed by atoms with Crippen LogP contribution in [0.15, 0.2) is 83.8 Å². The van der Waals surface area contributed by atoms with Crippen molar-refractivity contribution in [1.29, 1.82) is 0 Å². The summed E-state index contributed by atoms with van der Waals surface area (Å²) in [6, 6.07) is 21.4. The van der Waals surface area contributed by atoms with Gasteiger partial charge in [-0.2, -0.15) is 0 Å². The quantitative estimate of drug-likeness (QED) is 0.547. The van der Waals surface area contributed by atoms with Crippen LogP contribution in [0.3, 0.4) is 0 Å². The maximum absolute atomic E-state index is 13.0. The molecule has 0 bridgehead atoms. The molecule has 3 aromatic carbocycles. The monoisotopic (exact) mass is 452 g/mol. The average molecular weight is 453 g/mol. The standard InChI is InChI=1S/C24H24N2O5S/c1-17-9-7-11-20(15-17)25-23(27)18(2)31-24(28)19-10-8-14-22(16-19)32(29,30)26(3)21-12-5-4-6-13-21/h4-16,18H,1-3H3,(H,25,27). The van der Waals surface area contributed by atoms with E-state index in [4.69, 9.17) is 4.74 Å². The Morgan fingerprint density at radius 3 is 2.31 bits per heavy atom. The van der Waals surface area contributed by atoms with E-state index in [1.54, 1.807) is 48.5 Å². The summed E-state index contributed by atoms with van der Waals surface area (Å²) in [6.45, 7) is 3.35. The van der Waals surface area contributed by atoms with E-state index < -0.39 is 28.0 Å². The van der Waals surface area contributed by atoms with Crippen molar-refractivity contribution in [2.24, 2.45) is 0 Å². The molecular formula is C24H24N2O5S. The molecule has 32 heavy (non-hydrogen) atoms. The van der Waals surface area contributed by atoms with E-state index >= 15 is 0 Å². The number of rotatable bonds is 7. The maximum atomic E-state index is 13.0. The highest BCUT2D eigenvalue weighted by molar-refractivity contribution is 7.92. The lowest BCUT2D eigenvalue weighted by Crippen LogP contribution is -2.30. The zero-order chi connectivity index (χ0) is 23.3. The van der Waals surface area contributed by atoms with Crippen molar-refractivity contribution in [3.05, 3.63) is 90.0 Å². The van der Waals surface area contributed by atoms with Gasteiger partial charge in [0.15, 0.2) is 6.10 Å². The second kappa shape index (κ2) is 9.65. The minimum absolute atomic E-state index is 0.0303. The van der Waals surface area contributed by atoms with Crippen LogP contribution in [0.5, 0.6) is 0 Å². The molecule has 7 nitrogen and oxygen atoms in total. The molecule has 0 spiro atoms. The van der Waals surface area contributed by atoms with E-state index in [9.17, 15) is 18.0 Å². The molecular weight excluding hydrogens is 428 g/mol. The van der Waals surface area contributed by atoms with Gasteiger partial charge in [0.2, 0.25) is 0 Å². The van der Waals surface area contributed by atoms with Crippen molar-refractivity contribution in [1.82, 2.24) is 0 Å². The first-order valence-electron chi connectivity index (χ1n) is 9.91. The van der Waals surface area contributed by atoms with E-state index in [0.717, 1.165) is 9.87 Å². The summed E-state index contributed by atoms with van der Waals surface area (Å²) in [7, 11) is -2.45. The van der Waals surface area contributed by atoms with Gasteiger partial charge in [-0.05, 0) is 61.9 Å². The molecule has 1 N–H and O–H groups in total. The van der Waals surface area contributed by atoms with Crippen LogP contribution in [0.25, 0.3) is 0 Å². The summed E-state index contributed by atoms with van der Waals surface area (Å²) in [4.78, 5) is 24.9. The van der Waals surface area contributed by atoms with Crippen molar-refractivity contribution in [2.75, 3.05) is 16.7 Å². The molecule has 166 valence electrons. The topological polar surface area (TPSA) is 92.8 Å². The van der Waals surface area contributed by atoms with Crippen LogP contribution in [0.1, 0.15) is 22.8 Å². The molecule has 0 aliphatic carbocycles.